The average molecular weight is 505 g/mol. The lowest BCUT2D eigenvalue weighted by molar-refractivity contribution is -0.144. The van der Waals surface area contributed by atoms with Gasteiger partial charge in [-0.2, -0.15) is 5.10 Å². The Morgan fingerprint density at radius 3 is 2.73 bits per heavy atom. The number of likely N-dealkylation sites (N-methyl/N-ethyl adjacent to an activating group) is 1. The van der Waals surface area contributed by atoms with Crippen LogP contribution in [0.3, 0.4) is 0 Å². The van der Waals surface area contributed by atoms with Gasteiger partial charge in [-0.05, 0) is 18.2 Å². The van der Waals surface area contributed by atoms with Crippen LogP contribution < -0.4 is 10.6 Å². The first-order chi connectivity index (χ1) is 17.8. The number of carbonyl (C=O) groups is 2. The van der Waals surface area contributed by atoms with E-state index < -0.39 is 17.6 Å². The van der Waals surface area contributed by atoms with Gasteiger partial charge in [0.15, 0.2) is 5.76 Å². The third-order valence-electron chi connectivity index (χ3n) is 5.86. The van der Waals surface area contributed by atoms with E-state index in [9.17, 15) is 14.7 Å². The van der Waals surface area contributed by atoms with Crippen LogP contribution in [-0.4, -0.2) is 77.1 Å². The van der Waals surface area contributed by atoms with Gasteiger partial charge in [0.05, 0.1) is 35.5 Å². The summed E-state index contributed by atoms with van der Waals surface area (Å²) in [4.78, 5) is 37.8. The molecule has 4 N–H and O–H groups in total. The monoisotopic (exact) mass is 505 g/mol. The van der Waals surface area contributed by atoms with Gasteiger partial charge in [-0.25, -0.2) is 19.7 Å². The van der Waals surface area contributed by atoms with E-state index in [0.717, 1.165) is 0 Å². The van der Waals surface area contributed by atoms with Gasteiger partial charge < -0.3 is 30.3 Å². The molecule has 0 radical (unpaired) electrons. The molecule has 0 spiro atoms. The zero-order valence-corrected chi connectivity index (χ0v) is 19.7. The molecule has 1 unspecified atom stereocenters. The van der Waals surface area contributed by atoms with Crippen molar-refractivity contribution in [3.05, 3.63) is 54.7 Å². The Morgan fingerprint density at radius 1 is 1.19 bits per heavy atom. The molecule has 1 aliphatic heterocycles. The number of amides is 2. The summed E-state index contributed by atoms with van der Waals surface area (Å²) >= 11 is 0. The van der Waals surface area contributed by atoms with Gasteiger partial charge in [0.2, 0.25) is 11.5 Å². The summed E-state index contributed by atoms with van der Waals surface area (Å²) in [5.41, 5.74) is 0.870. The first kappa shape index (κ1) is 23.9. The highest BCUT2D eigenvalue weighted by atomic mass is 16.5. The predicted octanol–water partition coefficient (Wildman–Crippen LogP) is 1.45. The van der Waals surface area contributed by atoms with Crippen LogP contribution in [0.15, 0.2) is 53.4 Å². The quantitative estimate of drug-likeness (QED) is 0.272. The molecule has 5 rings (SSSR count). The summed E-state index contributed by atoms with van der Waals surface area (Å²) in [6.45, 7) is 1.02. The molecule has 0 aromatic carbocycles. The molecule has 2 amide bonds. The van der Waals surface area contributed by atoms with Crippen LogP contribution in [0.4, 0.5) is 16.4 Å². The molecular weight excluding hydrogens is 482 g/mol. The van der Waals surface area contributed by atoms with E-state index >= 15 is 0 Å². The highest BCUT2D eigenvalue weighted by Crippen LogP contribution is 2.34. The molecule has 0 bridgehead atoms. The average Bonchev–Trinajstić information content (AvgIpc) is 3.62. The van der Waals surface area contributed by atoms with E-state index in [2.05, 4.69) is 35.8 Å². The van der Waals surface area contributed by atoms with Crippen molar-refractivity contribution in [2.24, 2.45) is 0 Å². The van der Waals surface area contributed by atoms with Gasteiger partial charge in [0, 0.05) is 45.0 Å². The summed E-state index contributed by atoms with van der Waals surface area (Å²) in [7, 11) is 1.62. The molecule has 4 aromatic rings. The van der Waals surface area contributed by atoms with Crippen LogP contribution in [-0.2, 0) is 16.9 Å². The number of rotatable bonds is 8. The number of nitrogens with one attached hydrogen (secondary N) is 2. The standard InChI is InChI=1S/C23H23N9O5/c1-31-9-6-23(36,20(31)33)19-11-18(30-37-19)16-4-2-3-15(28-16)17-5-7-24-21(29-17)27-14-12-26-32(13-14)10-8-25-22(34)35/h2-5,7,11-13,25,36H,6,8-10H2,1H3,(H,34,35)(H,24,27,29). The molecule has 4 aromatic heterocycles. The van der Waals surface area contributed by atoms with Gasteiger partial charge in [0.1, 0.15) is 5.69 Å². The number of carboxylic acid groups (broad SMARTS) is 1. The van der Waals surface area contributed by atoms with E-state index in [4.69, 9.17) is 9.63 Å². The van der Waals surface area contributed by atoms with Crippen LogP contribution in [0.25, 0.3) is 22.8 Å². The van der Waals surface area contributed by atoms with Crippen molar-refractivity contribution < 1.29 is 24.3 Å². The molecule has 5 heterocycles. The Bertz CT molecular complexity index is 1450. The molecule has 1 saturated heterocycles. The second kappa shape index (κ2) is 9.66. The number of carbonyl (C=O) groups excluding carboxylic acids is 1. The zero-order valence-electron chi connectivity index (χ0n) is 19.7. The highest BCUT2D eigenvalue weighted by molar-refractivity contribution is 5.87. The van der Waals surface area contributed by atoms with E-state index in [1.807, 2.05) is 0 Å². The zero-order chi connectivity index (χ0) is 26.0. The molecular formula is C23H23N9O5. The number of hydrogen-bond acceptors (Lipinski definition) is 10. The third-order valence-corrected chi connectivity index (χ3v) is 5.86. The molecule has 37 heavy (non-hydrogen) atoms. The summed E-state index contributed by atoms with van der Waals surface area (Å²) < 4.78 is 6.92. The number of pyridine rings is 1. The molecule has 190 valence electrons. The summed E-state index contributed by atoms with van der Waals surface area (Å²) in [5, 5.41) is 33.0. The second-order valence-corrected chi connectivity index (χ2v) is 8.44. The highest BCUT2D eigenvalue weighted by Gasteiger charge is 2.48. The molecule has 0 aliphatic carbocycles. The van der Waals surface area contributed by atoms with Crippen molar-refractivity contribution in [2.75, 3.05) is 25.5 Å². The fourth-order valence-electron chi connectivity index (χ4n) is 3.91. The van der Waals surface area contributed by atoms with Crippen molar-refractivity contribution in [1.82, 2.24) is 40.1 Å². The maximum atomic E-state index is 12.4. The van der Waals surface area contributed by atoms with Gasteiger partial charge in [0.25, 0.3) is 5.91 Å². The van der Waals surface area contributed by atoms with Crippen LogP contribution in [0.5, 0.6) is 0 Å². The Morgan fingerprint density at radius 2 is 1.97 bits per heavy atom. The lowest BCUT2D eigenvalue weighted by Gasteiger charge is -2.16. The fourth-order valence-corrected chi connectivity index (χ4v) is 3.91. The first-order valence-corrected chi connectivity index (χ1v) is 11.3. The maximum Gasteiger partial charge on any atom is 0.404 e. The predicted molar refractivity (Wildman–Crippen MR) is 128 cm³/mol. The van der Waals surface area contributed by atoms with Crippen LogP contribution in [0.2, 0.25) is 0 Å². The Labute approximate surface area is 210 Å². The lowest BCUT2D eigenvalue weighted by Crippen LogP contribution is -2.35. The second-order valence-electron chi connectivity index (χ2n) is 8.44. The van der Waals surface area contributed by atoms with Gasteiger partial charge in [-0.1, -0.05) is 11.2 Å². The molecule has 14 nitrogen and oxygen atoms in total. The third kappa shape index (κ3) is 4.95. The number of aliphatic hydroxyl groups is 1. The molecule has 14 heteroatoms. The van der Waals surface area contributed by atoms with E-state index in [1.54, 1.807) is 54.6 Å². The van der Waals surface area contributed by atoms with Crippen molar-refractivity contribution in [3.8, 4) is 22.8 Å². The number of nitrogens with zero attached hydrogens (tertiary/aromatic N) is 7. The largest absolute Gasteiger partial charge is 0.465 e. The number of likely N-dealkylation sites (tertiary alicyclic amines) is 1. The van der Waals surface area contributed by atoms with Crippen molar-refractivity contribution in [3.63, 3.8) is 0 Å². The molecule has 1 fully saturated rings. The fraction of sp³-hybridized carbons (Fsp3) is 0.261. The van der Waals surface area contributed by atoms with Crippen LogP contribution >= 0.6 is 0 Å². The minimum absolute atomic E-state index is 0.0804. The molecule has 1 atom stereocenters. The van der Waals surface area contributed by atoms with Crippen molar-refractivity contribution in [1.29, 1.82) is 0 Å². The molecule has 1 aliphatic rings. The lowest BCUT2D eigenvalue weighted by atomic mass is 9.98. The summed E-state index contributed by atoms with van der Waals surface area (Å²) in [5.74, 6) is -0.0278. The van der Waals surface area contributed by atoms with Crippen LogP contribution in [0, 0.1) is 0 Å². The minimum Gasteiger partial charge on any atom is -0.465 e. The maximum absolute atomic E-state index is 12.4. The topological polar surface area (TPSA) is 184 Å². The SMILES string of the molecule is CN1CCC(O)(c2cc(-c3cccc(-c4ccnc(Nc5cnn(CCNC(=O)O)c5)n4)n3)no2)C1=O. The van der Waals surface area contributed by atoms with E-state index in [-0.39, 0.29) is 18.7 Å². The number of aromatic nitrogens is 6. The van der Waals surface area contributed by atoms with Gasteiger partial charge >= 0.3 is 6.09 Å². The number of hydrogen-bond donors (Lipinski definition) is 4. The Kier molecular flexibility index (Phi) is 6.23. The smallest absolute Gasteiger partial charge is 0.404 e. The first-order valence-electron chi connectivity index (χ1n) is 11.3. The van der Waals surface area contributed by atoms with Gasteiger partial charge in [-0.3, -0.25) is 9.48 Å². The minimum atomic E-state index is -1.73. The Hall–Kier alpha value is -4.85. The van der Waals surface area contributed by atoms with E-state index in [1.165, 1.54) is 11.0 Å². The number of anilines is 2. The van der Waals surface area contributed by atoms with Gasteiger partial charge in [-0.15, -0.1) is 0 Å². The van der Waals surface area contributed by atoms with Crippen molar-refractivity contribution >= 4 is 23.6 Å². The summed E-state index contributed by atoms with van der Waals surface area (Å²) in [6, 6.07) is 8.56. The van der Waals surface area contributed by atoms with Crippen LogP contribution in [0.1, 0.15) is 12.2 Å². The normalized spacial score (nSPS) is 17.2. The summed E-state index contributed by atoms with van der Waals surface area (Å²) in [6.07, 6.45) is 4.01. The van der Waals surface area contributed by atoms with Crippen molar-refractivity contribution in [2.45, 2.75) is 18.6 Å². The Balaban J connectivity index is 1.32. The molecule has 0 saturated carbocycles. The van der Waals surface area contributed by atoms with E-state index in [0.29, 0.717) is 47.5 Å².